The Labute approximate surface area is 80.9 Å². The van der Waals surface area contributed by atoms with E-state index in [-0.39, 0.29) is 6.10 Å². The third-order valence-corrected chi connectivity index (χ3v) is 2.24. The average molecular weight is 206 g/mol. The van der Waals surface area contributed by atoms with E-state index >= 15 is 0 Å². The highest BCUT2D eigenvalue weighted by atomic mass is 32.2. The summed E-state index contributed by atoms with van der Waals surface area (Å²) in [7, 11) is -3.32. The van der Waals surface area contributed by atoms with Gasteiger partial charge in [-0.25, -0.2) is 0 Å². The third-order valence-electron chi connectivity index (χ3n) is 1.62. The Bertz CT molecular complexity index is 231. The fourth-order valence-corrected chi connectivity index (χ4v) is 1.74. The van der Waals surface area contributed by atoms with Crippen LogP contribution in [-0.2, 0) is 14.3 Å². The summed E-state index contributed by atoms with van der Waals surface area (Å²) >= 11 is 0. The van der Waals surface area contributed by atoms with Crippen molar-refractivity contribution in [2.75, 3.05) is 6.26 Å². The molecule has 0 amide bonds. The van der Waals surface area contributed by atoms with Gasteiger partial charge in [-0.3, -0.25) is 4.18 Å². The van der Waals surface area contributed by atoms with Crippen molar-refractivity contribution in [3.05, 3.63) is 12.7 Å². The molecule has 3 nitrogen and oxygen atoms in total. The van der Waals surface area contributed by atoms with Crippen LogP contribution in [0.15, 0.2) is 12.7 Å². The summed E-state index contributed by atoms with van der Waals surface area (Å²) in [6.45, 7) is 5.62. The van der Waals surface area contributed by atoms with Crippen molar-refractivity contribution in [2.45, 2.75) is 38.7 Å². The van der Waals surface area contributed by atoms with E-state index in [0.29, 0.717) is 6.42 Å². The van der Waals surface area contributed by atoms with E-state index in [1.165, 1.54) is 0 Å². The lowest BCUT2D eigenvalue weighted by Gasteiger charge is -2.13. The fraction of sp³-hybridized carbons (Fsp3) is 0.778. The normalized spacial score (nSPS) is 14.0. The Morgan fingerprint density at radius 2 is 2.15 bits per heavy atom. The van der Waals surface area contributed by atoms with Gasteiger partial charge in [-0.1, -0.05) is 25.8 Å². The van der Waals surface area contributed by atoms with Gasteiger partial charge in [-0.15, -0.1) is 6.58 Å². The number of unbranched alkanes of at least 4 members (excludes halogenated alkanes) is 1. The van der Waals surface area contributed by atoms with Gasteiger partial charge in [-0.05, 0) is 12.8 Å². The second-order valence-corrected chi connectivity index (χ2v) is 4.69. The zero-order valence-corrected chi connectivity index (χ0v) is 9.14. The molecule has 13 heavy (non-hydrogen) atoms. The van der Waals surface area contributed by atoms with Crippen molar-refractivity contribution in [3.8, 4) is 0 Å². The Morgan fingerprint density at radius 3 is 2.54 bits per heavy atom. The second-order valence-electron chi connectivity index (χ2n) is 3.09. The van der Waals surface area contributed by atoms with E-state index < -0.39 is 10.1 Å². The molecule has 0 N–H and O–H groups in total. The van der Waals surface area contributed by atoms with Crippen molar-refractivity contribution in [1.82, 2.24) is 0 Å². The highest BCUT2D eigenvalue weighted by molar-refractivity contribution is 7.86. The van der Waals surface area contributed by atoms with Crippen LogP contribution in [0.2, 0.25) is 0 Å². The minimum absolute atomic E-state index is 0.229. The first-order valence-corrected chi connectivity index (χ1v) is 6.30. The second kappa shape index (κ2) is 6.16. The zero-order valence-electron chi connectivity index (χ0n) is 8.32. The lowest BCUT2D eigenvalue weighted by molar-refractivity contribution is 0.200. The predicted octanol–water partition coefficient (Wildman–Crippen LogP) is 2.10. The molecule has 0 saturated carbocycles. The van der Waals surface area contributed by atoms with E-state index in [1.807, 2.05) is 0 Å². The van der Waals surface area contributed by atoms with Gasteiger partial charge in [0.25, 0.3) is 10.1 Å². The zero-order chi connectivity index (χ0) is 10.3. The predicted molar refractivity (Wildman–Crippen MR) is 54.1 cm³/mol. The van der Waals surface area contributed by atoms with Gasteiger partial charge in [0.1, 0.15) is 0 Å². The van der Waals surface area contributed by atoms with E-state index in [4.69, 9.17) is 4.18 Å². The Balaban J connectivity index is 4.01. The van der Waals surface area contributed by atoms with E-state index in [9.17, 15) is 8.42 Å². The number of hydrogen-bond acceptors (Lipinski definition) is 3. The number of hydrogen-bond donors (Lipinski definition) is 0. The smallest absolute Gasteiger partial charge is 0.264 e. The van der Waals surface area contributed by atoms with E-state index in [0.717, 1.165) is 25.5 Å². The van der Waals surface area contributed by atoms with Crippen LogP contribution >= 0.6 is 0 Å². The molecule has 0 saturated heterocycles. The lowest BCUT2D eigenvalue weighted by Crippen LogP contribution is -2.16. The largest absolute Gasteiger partial charge is 0.267 e. The molecule has 0 rings (SSSR count). The van der Waals surface area contributed by atoms with E-state index in [2.05, 4.69) is 13.5 Å². The summed E-state index contributed by atoms with van der Waals surface area (Å²) < 4.78 is 26.5. The van der Waals surface area contributed by atoms with Gasteiger partial charge < -0.3 is 0 Å². The maximum absolute atomic E-state index is 10.8. The maximum atomic E-state index is 10.8. The molecule has 0 spiro atoms. The molecule has 0 aromatic rings. The summed E-state index contributed by atoms with van der Waals surface area (Å²) in [6.07, 6.45) is 5.92. The lowest BCUT2D eigenvalue weighted by atomic mass is 10.1. The van der Waals surface area contributed by atoms with Crippen LogP contribution < -0.4 is 0 Å². The molecule has 0 aromatic carbocycles. The standard InChI is InChI=1S/C9H18O3S/c1-4-6-8-9(7-5-2)12-13(3,10)11/h5,9H,2,4,6-8H2,1,3H3. The van der Waals surface area contributed by atoms with Gasteiger partial charge >= 0.3 is 0 Å². The molecule has 78 valence electrons. The van der Waals surface area contributed by atoms with Crippen LogP contribution in [0.4, 0.5) is 0 Å². The van der Waals surface area contributed by atoms with Crippen molar-refractivity contribution >= 4 is 10.1 Å². The minimum atomic E-state index is -3.32. The first kappa shape index (κ1) is 12.7. The van der Waals surface area contributed by atoms with E-state index in [1.54, 1.807) is 6.08 Å². The van der Waals surface area contributed by atoms with Crippen molar-refractivity contribution < 1.29 is 12.6 Å². The first-order chi connectivity index (χ1) is 5.99. The third kappa shape index (κ3) is 7.99. The molecular formula is C9H18O3S. The van der Waals surface area contributed by atoms with Crippen molar-refractivity contribution in [3.63, 3.8) is 0 Å². The molecule has 0 aromatic heterocycles. The first-order valence-electron chi connectivity index (χ1n) is 4.48. The molecule has 1 unspecified atom stereocenters. The summed E-state index contributed by atoms with van der Waals surface area (Å²) in [5.74, 6) is 0. The molecule has 1 atom stereocenters. The minimum Gasteiger partial charge on any atom is -0.267 e. The van der Waals surface area contributed by atoms with Gasteiger partial charge in [-0.2, -0.15) is 8.42 Å². The van der Waals surface area contributed by atoms with Gasteiger partial charge in [0.15, 0.2) is 0 Å². The van der Waals surface area contributed by atoms with Crippen LogP contribution in [0.25, 0.3) is 0 Å². The quantitative estimate of drug-likeness (QED) is 0.473. The molecule has 0 bridgehead atoms. The topological polar surface area (TPSA) is 43.4 Å². The molecule has 0 heterocycles. The fourth-order valence-electron chi connectivity index (χ4n) is 1.07. The summed E-state index contributed by atoms with van der Waals surface area (Å²) in [5.41, 5.74) is 0. The Hall–Kier alpha value is -0.350. The Morgan fingerprint density at radius 1 is 1.54 bits per heavy atom. The van der Waals surface area contributed by atoms with Crippen molar-refractivity contribution in [1.29, 1.82) is 0 Å². The maximum Gasteiger partial charge on any atom is 0.264 e. The van der Waals surface area contributed by atoms with Crippen LogP contribution in [-0.4, -0.2) is 20.8 Å². The van der Waals surface area contributed by atoms with Crippen LogP contribution in [0, 0.1) is 0 Å². The monoisotopic (exact) mass is 206 g/mol. The van der Waals surface area contributed by atoms with Crippen LogP contribution in [0.1, 0.15) is 32.6 Å². The van der Waals surface area contributed by atoms with Gasteiger partial charge in [0, 0.05) is 0 Å². The molecular weight excluding hydrogens is 188 g/mol. The van der Waals surface area contributed by atoms with Crippen LogP contribution in [0.5, 0.6) is 0 Å². The molecule has 0 aliphatic carbocycles. The molecule has 0 aliphatic rings. The molecule has 4 heteroatoms. The highest BCUT2D eigenvalue weighted by Crippen LogP contribution is 2.11. The summed E-state index contributed by atoms with van der Waals surface area (Å²) in [6, 6.07) is 0. The summed E-state index contributed by atoms with van der Waals surface area (Å²) in [4.78, 5) is 0. The van der Waals surface area contributed by atoms with Gasteiger partial charge in [0.05, 0.1) is 12.4 Å². The van der Waals surface area contributed by atoms with Crippen molar-refractivity contribution in [2.24, 2.45) is 0 Å². The summed E-state index contributed by atoms with van der Waals surface area (Å²) in [5, 5.41) is 0. The van der Waals surface area contributed by atoms with Crippen LogP contribution in [0.3, 0.4) is 0 Å². The SMILES string of the molecule is C=CCC(CCCC)OS(C)(=O)=O. The highest BCUT2D eigenvalue weighted by Gasteiger charge is 2.12. The van der Waals surface area contributed by atoms with Gasteiger partial charge in [0.2, 0.25) is 0 Å². The average Bonchev–Trinajstić information content (AvgIpc) is 1.98. The molecule has 0 radical (unpaired) electrons. The molecule has 0 fully saturated rings. The molecule has 0 aliphatic heterocycles. The number of rotatable bonds is 7. The Kier molecular flexibility index (Phi) is 5.99.